The lowest BCUT2D eigenvalue weighted by atomic mass is 10.1. The minimum absolute atomic E-state index is 0.234. The van der Waals surface area contributed by atoms with Crippen molar-refractivity contribution in [3.8, 4) is 0 Å². The molecule has 1 nitrogen and oxygen atoms in total. The Morgan fingerprint density at radius 3 is 2.73 bits per heavy atom. The molecule has 1 aromatic rings. The highest BCUT2D eigenvalue weighted by Crippen LogP contribution is 2.19. The molecule has 0 bridgehead atoms. The van der Waals surface area contributed by atoms with Gasteiger partial charge >= 0.3 is 0 Å². The van der Waals surface area contributed by atoms with E-state index in [9.17, 15) is 9.18 Å². The van der Waals surface area contributed by atoms with E-state index in [1.54, 1.807) is 6.07 Å². The van der Waals surface area contributed by atoms with E-state index in [4.69, 9.17) is 11.6 Å². The van der Waals surface area contributed by atoms with Gasteiger partial charge < -0.3 is 0 Å². The molecule has 0 aliphatic carbocycles. The number of hydrogen-bond acceptors (Lipinski definition) is 1. The van der Waals surface area contributed by atoms with Gasteiger partial charge in [-0.25, -0.2) is 4.39 Å². The van der Waals surface area contributed by atoms with Crippen molar-refractivity contribution in [2.45, 2.75) is 32.6 Å². The number of benzene rings is 1. The van der Waals surface area contributed by atoms with E-state index in [1.807, 2.05) is 6.92 Å². The first-order valence-electron chi connectivity index (χ1n) is 5.09. The summed E-state index contributed by atoms with van der Waals surface area (Å²) in [4.78, 5) is 11.3. The Bertz CT molecular complexity index is 349. The Hall–Kier alpha value is -0.890. The summed E-state index contributed by atoms with van der Waals surface area (Å²) in [5.41, 5.74) is 0.836. The molecule has 0 atom stereocenters. The fraction of sp³-hybridized carbons (Fsp3) is 0.417. The predicted octanol–water partition coefficient (Wildman–Crippen LogP) is 3.78. The van der Waals surface area contributed by atoms with Crippen LogP contribution in [0.25, 0.3) is 0 Å². The number of Topliss-reactive ketones (excluding diaryl/α,β-unsaturated/α-hetero) is 1. The van der Waals surface area contributed by atoms with Crippen LogP contribution in [0, 0.1) is 5.82 Å². The molecule has 0 unspecified atom stereocenters. The summed E-state index contributed by atoms with van der Waals surface area (Å²) in [5, 5.41) is 0.402. The molecule has 0 saturated carbocycles. The molecule has 0 heterocycles. The summed E-state index contributed by atoms with van der Waals surface area (Å²) < 4.78 is 12.7. The Kier molecular flexibility index (Phi) is 4.76. The maximum Gasteiger partial charge on any atom is 0.133 e. The molecule has 1 aromatic carbocycles. The van der Waals surface area contributed by atoms with E-state index >= 15 is 0 Å². The average Bonchev–Trinajstić information content (AvgIpc) is 2.17. The highest BCUT2D eigenvalue weighted by atomic mass is 35.5. The van der Waals surface area contributed by atoms with Gasteiger partial charge in [0, 0.05) is 17.9 Å². The molecular weight excluding hydrogens is 215 g/mol. The first kappa shape index (κ1) is 12.2. The summed E-state index contributed by atoms with van der Waals surface area (Å²) >= 11 is 5.84. The molecule has 15 heavy (non-hydrogen) atoms. The van der Waals surface area contributed by atoms with E-state index in [2.05, 4.69) is 0 Å². The van der Waals surface area contributed by atoms with Gasteiger partial charge in [0.05, 0.1) is 0 Å². The Morgan fingerprint density at radius 2 is 2.13 bits per heavy atom. The summed E-state index contributed by atoms with van der Waals surface area (Å²) in [6.07, 6.45) is 2.56. The van der Waals surface area contributed by atoms with Crippen LogP contribution in [-0.2, 0) is 11.2 Å². The molecule has 0 N–H and O–H groups in total. The monoisotopic (exact) mass is 228 g/mol. The number of halogens is 2. The van der Waals surface area contributed by atoms with E-state index in [-0.39, 0.29) is 11.6 Å². The molecular formula is C12H14ClFO. The van der Waals surface area contributed by atoms with Crippen LogP contribution in [-0.4, -0.2) is 5.78 Å². The van der Waals surface area contributed by atoms with Crippen LogP contribution in [0.15, 0.2) is 18.2 Å². The smallest absolute Gasteiger partial charge is 0.133 e. The van der Waals surface area contributed by atoms with E-state index < -0.39 is 0 Å². The number of carbonyl (C=O) groups excluding carboxylic acids is 1. The van der Waals surface area contributed by atoms with Gasteiger partial charge in [-0.2, -0.15) is 0 Å². The second-order valence-electron chi connectivity index (χ2n) is 3.52. The Labute approximate surface area is 94.3 Å². The Balaban J connectivity index is 2.54. The number of carbonyl (C=O) groups is 1. The van der Waals surface area contributed by atoms with Crippen molar-refractivity contribution in [1.82, 2.24) is 0 Å². The highest BCUT2D eigenvalue weighted by Gasteiger charge is 2.05. The lowest BCUT2D eigenvalue weighted by molar-refractivity contribution is -0.119. The van der Waals surface area contributed by atoms with E-state index in [0.717, 1.165) is 12.0 Å². The normalized spacial score (nSPS) is 10.3. The predicted molar refractivity (Wildman–Crippen MR) is 59.6 cm³/mol. The van der Waals surface area contributed by atoms with Gasteiger partial charge in [0.1, 0.15) is 11.6 Å². The van der Waals surface area contributed by atoms with Crippen molar-refractivity contribution >= 4 is 17.4 Å². The van der Waals surface area contributed by atoms with Crippen LogP contribution >= 0.6 is 11.6 Å². The van der Waals surface area contributed by atoms with Gasteiger partial charge in [-0.05, 0) is 30.5 Å². The number of hydrogen-bond donors (Lipinski definition) is 0. The zero-order valence-corrected chi connectivity index (χ0v) is 9.48. The fourth-order valence-electron chi connectivity index (χ4n) is 1.40. The fourth-order valence-corrected chi connectivity index (χ4v) is 1.66. The SMILES string of the molecule is CCCC(=O)CCc1ccc(F)cc1Cl. The number of rotatable bonds is 5. The lowest BCUT2D eigenvalue weighted by Crippen LogP contribution is -1.99. The molecule has 0 fully saturated rings. The first-order chi connectivity index (χ1) is 7.13. The van der Waals surface area contributed by atoms with Crippen LogP contribution < -0.4 is 0 Å². The minimum Gasteiger partial charge on any atom is -0.300 e. The molecule has 0 spiro atoms. The van der Waals surface area contributed by atoms with Gasteiger partial charge in [-0.15, -0.1) is 0 Å². The van der Waals surface area contributed by atoms with Crippen molar-refractivity contribution < 1.29 is 9.18 Å². The maximum absolute atomic E-state index is 12.7. The summed E-state index contributed by atoms with van der Waals surface area (Å²) in [7, 11) is 0. The third-order valence-corrected chi connectivity index (χ3v) is 2.57. The molecule has 82 valence electrons. The third kappa shape index (κ3) is 4.00. The minimum atomic E-state index is -0.344. The first-order valence-corrected chi connectivity index (χ1v) is 5.47. The molecule has 0 aromatic heterocycles. The van der Waals surface area contributed by atoms with Crippen LogP contribution in [0.1, 0.15) is 31.7 Å². The Morgan fingerprint density at radius 1 is 1.40 bits per heavy atom. The van der Waals surface area contributed by atoms with Crippen molar-refractivity contribution in [3.63, 3.8) is 0 Å². The zero-order chi connectivity index (χ0) is 11.3. The second kappa shape index (κ2) is 5.86. The molecule has 0 aliphatic heterocycles. The standard InChI is InChI=1S/C12H14ClFO/c1-2-3-11(15)7-5-9-4-6-10(14)8-12(9)13/h4,6,8H,2-3,5,7H2,1H3. The van der Waals surface area contributed by atoms with Crippen LogP contribution in [0.4, 0.5) is 4.39 Å². The molecule has 0 radical (unpaired) electrons. The number of aryl methyl sites for hydroxylation is 1. The van der Waals surface area contributed by atoms with E-state index in [0.29, 0.717) is 24.3 Å². The quantitative estimate of drug-likeness (QED) is 0.750. The maximum atomic E-state index is 12.7. The van der Waals surface area contributed by atoms with Crippen LogP contribution in [0.5, 0.6) is 0 Å². The molecule has 1 rings (SSSR count). The van der Waals surface area contributed by atoms with Gasteiger partial charge in [0.2, 0.25) is 0 Å². The van der Waals surface area contributed by atoms with Crippen molar-refractivity contribution in [3.05, 3.63) is 34.6 Å². The van der Waals surface area contributed by atoms with Gasteiger partial charge in [0.15, 0.2) is 0 Å². The molecule has 3 heteroatoms. The topological polar surface area (TPSA) is 17.1 Å². The van der Waals surface area contributed by atoms with Crippen LogP contribution in [0.3, 0.4) is 0 Å². The van der Waals surface area contributed by atoms with Gasteiger partial charge in [-0.3, -0.25) is 4.79 Å². The largest absolute Gasteiger partial charge is 0.300 e. The van der Waals surface area contributed by atoms with Gasteiger partial charge in [-0.1, -0.05) is 24.6 Å². The zero-order valence-electron chi connectivity index (χ0n) is 8.72. The highest BCUT2D eigenvalue weighted by molar-refractivity contribution is 6.31. The van der Waals surface area contributed by atoms with Crippen molar-refractivity contribution in [2.24, 2.45) is 0 Å². The summed E-state index contributed by atoms with van der Waals surface area (Å²) in [6, 6.07) is 4.28. The molecule has 0 aliphatic rings. The summed E-state index contributed by atoms with van der Waals surface area (Å²) in [6.45, 7) is 1.97. The summed E-state index contributed by atoms with van der Waals surface area (Å²) in [5.74, 6) is -0.110. The molecule has 0 amide bonds. The van der Waals surface area contributed by atoms with Crippen LogP contribution in [0.2, 0.25) is 5.02 Å². The van der Waals surface area contributed by atoms with Crippen molar-refractivity contribution in [2.75, 3.05) is 0 Å². The van der Waals surface area contributed by atoms with Gasteiger partial charge in [0.25, 0.3) is 0 Å². The third-order valence-electron chi connectivity index (χ3n) is 2.22. The second-order valence-corrected chi connectivity index (χ2v) is 3.93. The number of ketones is 1. The van der Waals surface area contributed by atoms with Crippen molar-refractivity contribution in [1.29, 1.82) is 0 Å². The molecule has 0 saturated heterocycles. The van der Waals surface area contributed by atoms with E-state index in [1.165, 1.54) is 12.1 Å². The lowest BCUT2D eigenvalue weighted by Gasteiger charge is -2.03. The average molecular weight is 229 g/mol.